The summed E-state index contributed by atoms with van der Waals surface area (Å²) in [5.41, 5.74) is 5.55. The Morgan fingerprint density at radius 1 is 1.04 bits per heavy atom. The molecule has 0 saturated heterocycles. The van der Waals surface area contributed by atoms with Crippen molar-refractivity contribution >= 4 is 11.9 Å². The van der Waals surface area contributed by atoms with Gasteiger partial charge in [-0.3, -0.25) is 10.2 Å². The Morgan fingerprint density at radius 3 is 2.09 bits per heavy atom. The second kappa shape index (κ2) is 7.07. The number of nitrogen functional groups attached to an aromatic ring is 1. The van der Waals surface area contributed by atoms with Crippen molar-refractivity contribution in [2.24, 2.45) is 5.84 Å². The second-order valence-electron chi connectivity index (χ2n) is 5.35. The van der Waals surface area contributed by atoms with Crippen LogP contribution in [0.1, 0.15) is 44.3 Å². The number of nitrogens with two attached hydrogens (primary N) is 1. The maximum absolute atomic E-state index is 12.3. The standard InChI is InChI=1S/C18H20N2O3/c1-4-13-5-7-14(8-6-13)18(22)23-16-11(2)9-15(10-12(16)3)17(21)20-19/h5-10H,4,19H2,1-3H3,(H,20,21). The van der Waals surface area contributed by atoms with Crippen molar-refractivity contribution in [2.45, 2.75) is 27.2 Å². The molecule has 0 atom stereocenters. The van der Waals surface area contributed by atoms with Gasteiger partial charge in [0.05, 0.1) is 5.56 Å². The molecule has 2 rings (SSSR count). The van der Waals surface area contributed by atoms with Crippen LogP contribution in [0.2, 0.25) is 0 Å². The predicted octanol–water partition coefficient (Wildman–Crippen LogP) is 2.69. The van der Waals surface area contributed by atoms with Crippen LogP contribution in [0.4, 0.5) is 0 Å². The molecular formula is C18H20N2O3. The van der Waals surface area contributed by atoms with Gasteiger partial charge in [0, 0.05) is 5.56 Å². The number of hydrogen-bond donors (Lipinski definition) is 2. The largest absolute Gasteiger partial charge is 0.422 e. The van der Waals surface area contributed by atoms with E-state index >= 15 is 0 Å². The molecule has 0 radical (unpaired) electrons. The summed E-state index contributed by atoms with van der Waals surface area (Å²) in [4.78, 5) is 23.9. The molecule has 23 heavy (non-hydrogen) atoms. The maximum Gasteiger partial charge on any atom is 0.343 e. The van der Waals surface area contributed by atoms with Gasteiger partial charge < -0.3 is 4.74 Å². The van der Waals surface area contributed by atoms with Crippen LogP contribution >= 0.6 is 0 Å². The van der Waals surface area contributed by atoms with Gasteiger partial charge in [-0.2, -0.15) is 0 Å². The van der Waals surface area contributed by atoms with Gasteiger partial charge in [-0.1, -0.05) is 19.1 Å². The zero-order chi connectivity index (χ0) is 17.0. The highest BCUT2D eigenvalue weighted by molar-refractivity contribution is 5.95. The fourth-order valence-electron chi connectivity index (χ4n) is 2.35. The average Bonchev–Trinajstić information content (AvgIpc) is 2.57. The highest BCUT2D eigenvalue weighted by atomic mass is 16.5. The van der Waals surface area contributed by atoms with Crippen LogP contribution in [0, 0.1) is 13.8 Å². The number of ether oxygens (including phenoxy) is 1. The lowest BCUT2D eigenvalue weighted by Gasteiger charge is -2.12. The Morgan fingerprint density at radius 2 is 1.61 bits per heavy atom. The van der Waals surface area contributed by atoms with Gasteiger partial charge in [-0.25, -0.2) is 10.6 Å². The minimum Gasteiger partial charge on any atom is -0.422 e. The van der Waals surface area contributed by atoms with E-state index in [1.807, 2.05) is 12.1 Å². The number of esters is 1. The van der Waals surface area contributed by atoms with E-state index in [0.717, 1.165) is 12.0 Å². The van der Waals surface area contributed by atoms with Crippen LogP contribution in [0.15, 0.2) is 36.4 Å². The van der Waals surface area contributed by atoms with Crippen molar-refractivity contribution in [1.29, 1.82) is 0 Å². The zero-order valence-corrected chi connectivity index (χ0v) is 13.5. The fourth-order valence-corrected chi connectivity index (χ4v) is 2.35. The maximum atomic E-state index is 12.3. The predicted molar refractivity (Wildman–Crippen MR) is 88.3 cm³/mol. The van der Waals surface area contributed by atoms with Crippen LogP contribution in [0.3, 0.4) is 0 Å². The number of nitrogens with one attached hydrogen (secondary N) is 1. The number of aryl methyl sites for hydroxylation is 3. The monoisotopic (exact) mass is 312 g/mol. The molecule has 0 unspecified atom stereocenters. The van der Waals surface area contributed by atoms with Gasteiger partial charge in [0.15, 0.2) is 0 Å². The van der Waals surface area contributed by atoms with Crippen molar-refractivity contribution in [3.63, 3.8) is 0 Å². The Bertz CT molecular complexity index is 713. The molecule has 0 fully saturated rings. The van der Waals surface area contributed by atoms with E-state index in [2.05, 4.69) is 12.3 Å². The summed E-state index contributed by atoms with van der Waals surface area (Å²) in [7, 11) is 0. The number of amides is 1. The van der Waals surface area contributed by atoms with Gasteiger partial charge in [-0.05, 0) is 61.2 Å². The summed E-state index contributed by atoms with van der Waals surface area (Å²) in [6, 6.07) is 10.6. The third-order valence-corrected chi connectivity index (χ3v) is 3.65. The van der Waals surface area contributed by atoms with Crippen LogP contribution in [0.25, 0.3) is 0 Å². The molecule has 0 aliphatic heterocycles. The molecule has 0 aliphatic carbocycles. The molecule has 0 aromatic heterocycles. The van der Waals surface area contributed by atoms with Crippen molar-refractivity contribution in [2.75, 3.05) is 0 Å². The smallest absolute Gasteiger partial charge is 0.343 e. The number of carbonyl (C=O) groups excluding carboxylic acids is 2. The molecule has 2 aromatic rings. The summed E-state index contributed by atoms with van der Waals surface area (Å²) < 4.78 is 5.50. The third-order valence-electron chi connectivity index (χ3n) is 3.65. The van der Waals surface area contributed by atoms with Crippen molar-refractivity contribution in [3.8, 4) is 5.75 Å². The van der Waals surface area contributed by atoms with E-state index in [9.17, 15) is 9.59 Å². The van der Waals surface area contributed by atoms with Crippen molar-refractivity contribution in [1.82, 2.24) is 5.43 Å². The number of carbonyl (C=O) groups is 2. The first-order chi connectivity index (χ1) is 11.0. The Balaban J connectivity index is 2.25. The highest BCUT2D eigenvalue weighted by Crippen LogP contribution is 2.26. The Hall–Kier alpha value is -2.66. The molecule has 5 nitrogen and oxygen atoms in total. The first-order valence-corrected chi connectivity index (χ1v) is 7.39. The van der Waals surface area contributed by atoms with E-state index in [-0.39, 0.29) is 5.91 Å². The highest BCUT2D eigenvalue weighted by Gasteiger charge is 2.15. The molecule has 0 aliphatic rings. The molecule has 0 bridgehead atoms. The zero-order valence-electron chi connectivity index (χ0n) is 13.5. The molecule has 120 valence electrons. The summed E-state index contributed by atoms with van der Waals surface area (Å²) in [6.45, 7) is 5.62. The summed E-state index contributed by atoms with van der Waals surface area (Å²) in [5, 5.41) is 0. The average molecular weight is 312 g/mol. The lowest BCUT2D eigenvalue weighted by atomic mass is 10.1. The van der Waals surface area contributed by atoms with E-state index in [1.165, 1.54) is 0 Å². The van der Waals surface area contributed by atoms with E-state index in [0.29, 0.717) is 28.0 Å². The fraction of sp³-hybridized carbons (Fsp3) is 0.222. The molecular weight excluding hydrogens is 292 g/mol. The first-order valence-electron chi connectivity index (χ1n) is 7.39. The Kier molecular flexibility index (Phi) is 5.13. The molecule has 0 heterocycles. The van der Waals surface area contributed by atoms with E-state index < -0.39 is 5.97 Å². The van der Waals surface area contributed by atoms with Gasteiger partial charge in [0.2, 0.25) is 0 Å². The van der Waals surface area contributed by atoms with E-state index in [4.69, 9.17) is 10.6 Å². The van der Waals surface area contributed by atoms with E-state index in [1.54, 1.807) is 38.1 Å². The molecule has 5 heteroatoms. The van der Waals surface area contributed by atoms with Crippen molar-refractivity contribution < 1.29 is 14.3 Å². The number of hydrazine groups is 1. The molecule has 2 aromatic carbocycles. The third kappa shape index (κ3) is 3.76. The quantitative estimate of drug-likeness (QED) is 0.299. The summed E-state index contributed by atoms with van der Waals surface area (Å²) >= 11 is 0. The van der Waals surface area contributed by atoms with Crippen LogP contribution in [-0.2, 0) is 6.42 Å². The second-order valence-corrected chi connectivity index (χ2v) is 5.35. The molecule has 3 N–H and O–H groups in total. The number of rotatable bonds is 4. The van der Waals surface area contributed by atoms with Gasteiger partial charge >= 0.3 is 5.97 Å². The lowest BCUT2D eigenvalue weighted by molar-refractivity contribution is 0.0732. The van der Waals surface area contributed by atoms with Crippen molar-refractivity contribution in [3.05, 3.63) is 64.2 Å². The molecule has 0 spiro atoms. The summed E-state index contributed by atoms with van der Waals surface area (Å²) in [5.74, 6) is 4.79. The van der Waals surface area contributed by atoms with Gasteiger partial charge in [-0.15, -0.1) is 0 Å². The minimum atomic E-state index is -0.421. The lowest BCUT2D eigenvalue weighted by Crippen LogP contribution is -2.30. The SMILES string of the molecule is CCc1ccc(C(=O)Oc2c(C)cc(C(=O)NN)cc2C)cc1. The van der Waals surface area contributed by atoms with Crippen LogP contribution in [-0.4, -0.2) is 11.9 Å². The minimum absolute atomic E-state index is 0.385. The Labute approximate surface area is 135 Å². The molecule has 0 saturated carbocycles. The molecule has 1 amide bonds. The van der Waals surface area contributed by atoms with Gasteiger partial charge in [0.1, 0.15) is 5.75 Å². The number of hydrogen-bond acceptors (Lipinski definition) is 4. The normalized spacial score (nSPS) is 10.3. The first kappa shape index (κ1) is 16.7. The van der Waals surface area contributed by atoms with Gasteiger partial charge in [0.25, 0.3) is 5.91 Å². The van der Waals surface area contributed by atoms with Crippen LogP contribution in [0.5, 0.6) is 5.75 Å². The topological polar surface area (TPSA) is 81.4 Å². The number of benzene rings is 2. The summed E-state index contributed by atoms with van der Waals surface area (Å²) in [6.07, 6.45) is 0.915. The van der Waals surface area contributed by atoms with Crippen LogP contribution < -0.4 is 16.0 Å².